The van der Waals surface area contributed by atoms with E-state index in [2.05, 4.69) is 5.32 Å². The number of rotatable bonds is 6. The summed E-state index contributed by atoms with van der Waals surface area (Å²) in [6.07, 6.45) is -1.95. The number of carbonyl (C=O) groups excluding carboxylic acids is 2. The van der Waals surface area contributed by atoms with Gasteiger partial charge in [0.25, 0.3) is 11.8 Å². The summed E-state index contributed by atoms with van der Waals surface area (Å²) in [6.45, 7) is 4.05. The molecule has 1 aliphatic heterocycles. The summed E-state index contributed by atoms with van der Waals surface area (Å²) in [5, 5.41) is 22.6. The van der Waals surface area contributed by atoms with E-state index in [0.29, 0.717) is 24.3 Å². The van der Waals surface area contributed by atoms with Gasteiger partial charge in [-0.15, -0.1) is 0 Å². The standard InChI is InChI=1S/C23H27FN2O4/c1-23(2,24)17-9-5-15(6-10-17)16-7-11-18(12-8-16)25-21(29)19(27)20(28)22(30)26-13-3-4-14-26/h5-12,19-20,27-28H,3-4,13-14H2,1-2H3,(H,25,29)/t19-,20?/m1/s1. The molecule has 30 heavy (non-hydrogen) atoms. The van der Waals surface area contributed by atoms with Crippen molar-refractivity contribution in [1.29, 1.82) is 0 Å². The first-order valence-corrected chi connectivity index (χ1v) is 10.0. The Labute approximate surface area is 175 Å². The minimum atomic E-state index is -1.85. The van der Waals surface area contributed by atoms with Gasteiger partial charge in [-0.25, -0.2) is 4.39 Å². The molecule has 0 radical (unpaired) electrons. The quantitative estimate of drug-likeness (QED) is 0.678. The van der Waals surface area contributed by atoms with Crippen LogP contribution in [0.1, 0.15) is 32.3 Å². The molecule has 3 rings (SSSR count). The van der Waals surface area contributed by atoms with E-state index in [1.807, 2.05) is 12.1 Å². The molecule has 2 aromatic carbocycles. The average molecular weight is 414 g/mol. The number of alkyl halides is 1. The topological polar surface area (TPSA) is 89.9 Å². The number of nitrogens with one attached hydrogen (secondary N) is 1. The van der Waals surface area contributed by atoms with Crippen molar-refractivity contribution in [3.8, 4) is 11.1 Å². The van der Waals surface area contributed by atoms with Crippen LogP contribution in [0.25, 0.3) is 11.1 Å². The lowest BCUT2D eigenvalue weighted by atomic mass is 9.97. The van der Waals surface area contributed by atoms with Crippen LogP contribution in [0.2, 0.25) is 0 Å². The molecule has 0 saturated carbocycles. The van der Waals surface area contributed by atoms with E-state index in [0.717, 1.165) is 24.0 Å². The van der Waals surface area contributed by atoms with Gasteiger partial charge in [-0.1, -0.05) is 36.4 Å². The fourth-order valence-corrected chi connectivity index (χ4v) is 3.42. The zero-order chi connectivity index (χ0) is 21.9. The first-order chi connectivity index (χ1) is 14.2. The van der Waals surface area contributed by atoms with Gasteiger partial charge in [0.15, 0.2) is 12.2 Å². The van der Waals surface area contributed by atoms with Crippen LogP contribution in [0.3, 0.4) is 0 Å². The van der Waals surface area contributed by atoms with Crippen LogP contribution < -0.4 is 5.32 Å². The Bertz CT molecular complexity index is 885. The summed E-state index contributed by atoms with van der Waals surface area (Å²) >= 11 is 0. The molecule has 1 fully saturated rings. The van der Waals surface area contributed by atoms with E-state index in [9.17, 15) is 24.2 Å². The lowest BCUT2D eigenvalue weighted by Gasteiger charge is -2.22. The van der Waals surface area contributed by atoms with Crippen molar-refractivity contribution in [1.82, 2.24) is 4.90 Å². The molecule has 2 amide bonds. The number of carbonyl (C=O) groups is 2. The van der Waals surface area contributed by atoms with E-state index in [1.54, 1.807) is 36.4 Å². The number of amides is 2. The minimum absolute atomic E-state index is 0.421. The minimum Gasteiger partial charge on any atom is -0.380 e. The van der Waals surface area contributed by atoms with E-state index in [-0.39, 0.29) is 0 Å². The number of benzene rings is 2. The van der Waals surface area contributed by atoms with Crippen LogP contribution in [-0.4, -0.2) is 52.2 Å². The normalized spacial score (nSPS) is 16.2. The van der Waals surface area contributed by atoms with E-state index in [1.165, 1.54) is 18.7 Å². The maximum Gasteiger partial charge on any atom is 0.256 e. The summed E-state index contributed by atoms with van der Waals surface area (Å²) in [5.41, 5.74) is 1.37. The highest BCUT2D eigenvalue weighted by Gasteiger charge is 2.34. The van der Waals surface area contributed by atoms with Crippen LogP contribution in [0, 0.1) is 0 Å². The maximum absolute atomic E-state index is 14.0. The molecule has 2 aromatic rings. The number of aliphatic hydroxyl groups is 2. The average Bonchev–Trinajstić information content (AvgIpc) is 3.27. The molecule has 6 nitrogen and oxygen atoms in total. The summed E-state index contributed by atoms with van der Waals surface area (Å²) in [4.78, 5) is 25.8. The highest BCUT2D eigenvalue weighted by Crippen LogP contribution is 2.28. The highest BCUT2D eigenvalue weighted by atomic mass is 19.1. The maximum atomic E-state index is 14.0. The third-order valence-corrected chi connectivity index (χ3v) is 5.30. The Hall–Kier alpha value is -2.77. The Morgan fingerprint density at radius 2 is 1.43 bits per heavy atom. The molecule has 1 saturated heterocycles. The zero-order valence-electron chi connectivity index (χ0n) is 17.1. The predicted molar refractivity (Wildman–Crippen MR) is 112 cm³/mol. The van der Waals surface area contributed by atoms with E-state index >= 15 is 0 Å². The van der Waals surface area contributed by atoms with Crippen LogP contribution in [0.4, 0.5) is 10.1 Å². The fourth-order valence-electron chi connectivity index (χ4n) is 3.42. The second-order valence-corrected chi connectivity index (χ2v) is 8.04. The van der Waals surface area contributed by atoms with Crippen molar-refractivity contribution in [2.45, 2.75) is 44.6 Å². The molecular weight excluding hydrogens is 387 g/mol. The van der Waals surface area contributed by atoms with Gasteiger partial charge in [0.1, 0.15) is 5.67 Å². The zero-order valence-corrected chi connectivity index (χ0v) is 17.1. The lowest BCUT2D eigenvalue weighted by molar-refractivity contribution is -0.150. The molecule has 3 N–H and O–H groups in total. The molecule has 1 unspecified atom stereocenters. The van der Waals surface area contributed by atoms with Crippen LogP contribution >= 0.6 is 0 Å². The van der Waals surface area contributed by atoms with Crippen LogP contribution in [-0.2, 0) is 15.3 Å². The summed E-state index contributed by atoms with van der Waals surface area (Å²) in [5.74, 6) is -1.48. The van der Waals surface area contributed by atoms with E-state index < -0.39 is 29.7 Å². The molecule has 0 aromatic heterocycles. The molecular formula is C23H27FN2O4. The van der Waals surface area contributed by atoms with Crippen molar-refractivity contribution in [3.63, 3.8) is 0 Å². The number of aliphatic hydroxyl groups excluding tert-OH is 2. The predicted octanol–water partition coefficient (Wildman–Crippen LogP) is 2.84. The number of hydrogen-bond donors (Lipinski definition) is 3. The summed E-state index contributed by atoms with van der Waals surface area (Å²) in [6, 6.07) is 14.0. The Morgan fingerprint density at radius 3 is 1.93 bits per heavy atom. The number of likely N-dealkylation sites (tertiary alicyclic amines) is 1. The molecule has 160 valence electrons. The van der Waals surface area contributed by atoms with Gasteiger partial charge >= 0.3 is 0 Å². The molecule has 0 spiro atoms. The van der Waals surface area contributed by atoms with Gasteiger partial charge in [-0.05, 0) is 55.5 Å². The first kappa shape index (κ1) is 21.9. The van der Waals surface area contributed by atoms with Crippen LogP contribution in [0.15, 0.2) is 48.5 Å². The number of nitrogens with zero attached hydrogens (tertiary/aromatic N) is 1. The van der Waals surface area contributed by atoms with Crippen LogP contribution in [0.5, 0.6) is 0 Å². The molecule has 1 aliphatic rings. The summed E-state index contributed by atoms with van der Waals surface area (Å²) < 4.78 is 14.0. The highest BCUT2D eigenvalue weighted by molar-refractivity contribution is 5.98. The second-order valence-electron chi connectivity index (χ2n) is 8.04. The lowest BCUT2D eigenvalue weighted by Crippen LogP contribution is -2.48. The molecule has 0 bridgehead atoms. The number of halogens is 1. The van der Waals surface area contributed by atoms with Crippen molar-refractivity contribution in [2.75, 3.05) is 18.4 Å². The Morgan fingerprint density at radius 1 is 0.933 bits per heavy atom. The molecule has 7 heteroatoms. The largest absolute Gasteiger partial charge is 0.380 e. The van der Waals surface area contributed by atoms with Gasteiger partial charge in [-0.2, -0.15) is 0 Å². The van der Waals surface area contributed by atoms with Gasteiger partial charge in [-0.3, -0.25) is 9.59 Å². The Balaban J connectivity index is 1.62. The van der Waals surface area contributed by atoms with E-state index in [4.69, 9.17) is 0 Å². The molecule has 2 atom stereocenters. The van der Waals surface area contributed by atoms with Crippen molar-refractivity contribution < 1.29 is 24.2 Å². The smallest absolute Gasteiger partial charge is 0.256 e. The third-order valence-electron chi connectivity index (χ3n) is 5.30. The fraction of sp³-hybridized carbons (Fsp3) is 0.391. The Kier molecular flexibility index (Phi) is 6.53. The SMILES string of the molecule is CC(C)(F)c1ccc(-c2ccc(NC(=O)[C@H](O)C(O)C(=O)N3CCCC3)cc2)cc1. The van der Waals surface area contributed by atoms with Crippen molar-refractivity contribution in [3.05, 3.63) is 54.1 Å². The second kappa shape index (κ2) is 8.93. The number of hydrogen-bond acceptors (Lipinski definition) is 4. The monoisotopic (exact) mass is 414 g/mol. The van der Waals surface area contributed by atoms with Gasteiger partial charge in [0, 0.05) is 18.8 Å². The van der Waals surface area contributed by atoms with Gasteiger partial charge < -0.3 is 20.4 Å². The van der Waals surface area contributed by atoms with Gasteiger partial charge in [0.2, 0.25) is 0 Å². The van der Waals surface area contributed by atoms with Gasteiger partial charge in [0.05, 0.1) is 0 Å². The van der Waals surface area contributed by atoms with Crippen molar-refractivity contribution >= 4 is 17.5 Å². The first-order valence-electron chi connectivity index (χ1n) is 10.0. The number of anilines is 1. The molecule has 1 heterocycles. The third kappa shape index (κ3) is 5.04. The molecule has 0 aliphatic carbocycles. The summed E-state index contributed by atoms with van der Waals surface area (Å²) in [7, 11) is 0. The van der Waals surface area contributed by atoms with Crippen molar-refractivity contribution in [2.24, 2.45) is 0 Å².